The van der Waals surface area contributed by atoms with Gasteiger partial charge in [-0.25, -0.2) is 9.97 Å². The van der Waals surface area contributed by atoms with Gasteiger partial charge in [-0.15, -0.1) is 11.3 Å². The molecule has 0 saturated heterocycles. The summed E-state index contributed by atoms with van der Waals surface area (Å²) in [6.07, 6.45) is -0.764. The molecule has 4 heterocycles. The Morgan fingerprint density at radius 3 is 2.84 bits per heavy atom. The van der Waals surface area contributed by atoms with E-state index in [1.807, 2.05) is 0 Å². The molecule has 0 spiro atoms. The number of rotatable bonds is 3. The van der Waals surface area contributed by atoms with Gasteiger partial charge in [-0.05, 0) is 30.2 Å². The highest BCUT2D eigenvalue weighted by Gasteiger charge is 2.32. The lowest BCUT2D eigenvalue weighted by Crippen LogP contribution is -2.22. The maximum Gasteiger partial charge on any atom is 0.433 e. The van der Waals surface area contributed by atoms with Crippen molar-refractivity contribution in [1.82, 2.24) is 20.3 Å². The van der Waals surface area contributed by atoms with E-state index >= 15 is 0 Å². The second-order valence-electron chi connectivity index (χ2n) is 5.74. The molecule has 1 aliphatic rings. The van der Waals surface area contributed by atoms with Crippen molar-refractivity contribution in [3.05, 3.63) is 46.4 Å². The quantitative estimate of drug-likeness (QED) is 0.745. The van der Waals surface area contributed by atoms with E-state index in [0.717, 1.165) is 35.8 Å². The van der Waals surface area contributed by atoms with Crippen molar-refractivity contribution in [2.45, 2.75) is 25.7 Å². The number of hydrogen-bond donors (Lipinski definition) is 2. The zero-order valence-corrected chi connectivity index (χ0v) is 13.8. The molecule has 25 heavy (non-hydrogen) atoms. The molecule has 0 aromatic carbocycles. The number of pyridine rings is 1. The SMILES string of the molecule is FC(F)(F)c1ccc(CNc2ncnc3sc4c(c23)CCNC4)cn1. The number of thiophene rings is 1. The number of nitrogens with zero attached hydrogens (tertiary/aromatic N) is 3. The predicted octanol–water partition coefficient (Wildman–Crippen LogP) is 3.36. The number of hydrogen-bond acceptors (Lipinski definition) is 6. The fourth-order valence-electron chi connectivity index (χ4n) is 2.88. The molecule has 5 nitrogen and oxygen atoms in total. The predicted molar refractivity (Wildman–Crippen MR) is 89.4 cm³/mol. The summed E-state index contributed by atoms with van der Waals surface area (Å²) in [6, 6.07) is 2.42. The molecule has 3 aromatic heterocycles. The Kier molecular flexibility index (Phi) is 4.04. The van der Waals surface area contributed by atoms with E-state index < -0.39 is 11.9 Å². The van der Waals surface area contributed by atoms with Gasteiger partial charge in [-0.2, -0.15) is 13.2 Å². The minimum Gasteiger partial charge on any atom is -0.365 e. The molecule has 9 heteroatoms. The molecule has 0 radical (unpaired) electrons. The normalized spacial score (nSPS) is 14.5. The summed E-state index contributed by atoms with van der Waals surface area (Å²) in [4.78, 5) is 14.3. The highest BCUT2D eigenvalue weighted by Crippen LogP contribution is 2.35. The molecule has 0 aliphatic carbocycles. The van der Waals surface area contributed by atoms with E-state index in [9.17, 15) is 13.2 Å². The summed E-state index contributed by atoms with van der Waals surface area (Å²) in [5.41, 5.74) is 1.03. The molecule has 4 rings (SSSR count). The van der Waals surface area contributed by atoms with E-state index in [0.29, 0.717) is 17.9 Å². The monoisotopic (exact) mass is 365 g/mol. The summed E-state index contributed by atoms with van der Waals surface area (Å²) in [6.45, 7) is 2.09. The number of halogens is 3. The standard InChI is InChI=1S/C16H14F3N5S/c17-16(18,19)12-2-1-9(5-21-12)6-22-14-13-10-3-4-20-7-11(10)25-15(13)24-8-23-14/h1-2,5,8,20H,3-4,6-7H2,(H,22,23,24). The van der Waals surface area contributed by atoms with Crippen molar-refractivity contribution in [2.24, 2.45) is 0 Å². The lowest BCUT2D eigenvalue weighted by molar-refractivity contribution is -0.141. The minimum absolute atomic E-state index is 0.347. The first-order valence-corrected chi connectivity index (χ1v) is 8.56. The van der Waals surface area contributed by atoms with Crippen LogP contribution in [-0.4, -0.2) is 21.5 Å². The van der Waals surface area contributed by atoms with Crippen LogP contribution in [0.1, 0.15) is 21.7 Å². The van der Waals surface area contributed by atoms with Gasteiger partial charge in [-0.3, -0.25) is 4.98 Å². The van der Waals surface area contributed by atoms with Gasteiger partial charge in [0.2, 0.25) is 0 Å². The number of alkyl halides is 3. The van der Waals surface area contributed by atoms with Crippen molar-refractivity contribution >= 4 is 27.4 Å². The largest absolute Gasteiger partial charge is 0.433 e. The maximum atomic E-state index is 12.6. The summed E-state index contributed by atoms with van der Waals surface area (Å²) in [5.74, 6) is 0.712. The maximum absolute atomic E-state index is 12.6. The van der Waals surface area contributed by atoms with Gasteiger partial charge in [0.15, 0.2) is 0 Å². The highest BCUT2D eigenvalue weighted by molar-refractivity contribution is 7.18. The number of nitrogens with one attached hydrogen (secondary N) is 2. The van der Waals surface area contributed by atoms with Crippen LogP contribution in [0.4, 0.5) is 19.0 Å². The van der Waals surface area contributed by atoms with Crippen LogP contribution in [0.2, 0.25) is 0 Å². The van der Waals surface area contributed by atoms with Crippen molar-refractivity contribution in [2.75, 3.05) is 11.9 Å². The molecule has 0 saturated carbocycles. The van der Waals surface area contributed by atoms with Crippen molar-refractivity contribution in [1.29, 1.82) is 0 Å². The summed E-state index contributed by atoms with van der Waals surface area (Å²) < 4.78 is 37.7. The smallest absolute Gasteiger partial charge is 0.365 e. The van der Waals surface area contributed by atoms with E-state index in [-0.39, 0.29) is 0 Å². The van der Waals surface area contributed by atoms with E-state index in [4.69, 9.17) is 0 Å². The third-order valence-electron chi connectivity index (χ3n) is 4.08. The summed E-state index contributed by atoms with van der Waals surface area (Å²) >= 11 is 1.65. The van der Waals surface area contributed by atoms with E-state index in [2.05, 4.69) is 25.6 Å². The van der Waals surface area contributed by atoms with Gasteiger partial charge in [0, 0.05) is 24.2 Å². The Balaban J connectivity index is 1.58. The molecule has 0 atom stereocenters. The zero-order valence-electron chi connectivity index (χ0n) is 13.0. The Morgan fingerprint density at radius 1 is 1.20 bits per heavy atom. The zero-order chi connectivity index (χ0) is 17.4. The second kappa shape index (κ2) is 6.23. The fraction of sp³-hybridized carbons (Fsp3) is 0.312. The molecule has 0 unspecified atom stereocenters. The van der Waals surface area contributed by atoms with Crippen molar-refractivity contribution < 1.29 is 13.2 Å². The lowest BCUT2D eigenvalue weighted by atomic mass is 10.1. The first-order valence-electron chi connectivity index (χ1n) is 7.74. The number of fused-ring (bicyclic) bond motifs is 3. The van der Waals surface area contributed by atoms with Crippen LogP contribution in [0.5, 0.6) is 0 Å². The van der Waals surface area contributed by atoms with Crippen LogP contribution < -0.4 is 10.6 Å². The molecule has 0 amide bonds. The number of aromatic nitrogens is 3. The molecule has 0 fully saturated rings. The Morgan fingerprint density at radius 2 is 2.08 bits per heavy atom. The fourth-order valence-corrected chi connectivity index (χ4v) is 4.03. The van der Waals surface area contributed by atoms with Crippen LogP contribution >= 0.6 is 11.3 Å². The molecule has 3 aromatic rings. The van der Waals surface area contributed by atoms with Crippen LogP contribution in [0.25, 0.3) is 10.2 Å². The first kappa shape index (κ1) is 16.2. The second-order valence-corrected chi connectivity index (χ2v) is 6.82. The summed E-state index contributed by atoms with van der Waals surface area (Å²) in [5, 5.41) is 7.57. The van der Waals surface area contributed by atoms with Crippen LogP contribution in [-0.2, 0) is 25.7 Å². The average molecular weight is 365 g/mol. The van der Waals surface area contributed by atoms with Gasteiger partial charge in [0.1, 0.15) is 22.7 Å². The number of anilines is 1. The van der Waals surface area contributed by atoms with Crippen LogP contribution in [0.3, 0.4) is 0 Å². The molecule has 130 valence electrons. The molecule has 2 N–H and O–H groups in total. The first-order chi connectivity index (χ1) is 12.0. The van der Waals surface area contributed by atoms with Gasteiger partial charge >= 0.3 is 6.18 Å². The summed E-state index contributed by atoms with van der Waals surface area (Å²) in [7, 11) is 0. The van der Waals surface area contributed by atoms with E-state index in [1.165, 1.54) is 29.0 Å². The Bertz CT molecular complexity index is 905. The van der Waals surface area contributed by atoms with E-state index in [1.54, 1.807) is 11.3 Å². The van der Waals surface area contributed by atoms with Gasteiger partial charge in [-0.1, -0.05) is 6.07 Å². The highest BCUT2D eigenvalue weighted by atomic mass is 32.1. The van der Waals surface area contributed by atoms with Gasteiger partial charge in [0.25, 0.3) is 0 Å². The lowest BCUT2D eigenvalue weighted by Gasteiger charge is -2.14. The molecule has 0 bridgehead atoms. The van der Waals surface area contributed by atoms with Crippen molar-refractivity contribution in [3.63, 3.8) is 0 Å². The Hall–Kier alpha value is -2.26. The third-order valence-corrected chi connectivity index (χ3v) is 5.22. The van der Waals surface area contributed by atoms with Crippen LogP contribution in [0.15, 0.2) is 24.7 Å². The molecular weight excluding hydrogens is 351 g/mol. The van der Waals surface area contributed by atoms with Gasteiger partial charge < -0.3 is 10.6 Å². The van der Waals surface area contributed by atoms with Crippen molar-refractivity contribution in [3.8, 4) is 0 Å². The minimum atomic E-state index is -4.42. The third kappa shape index (κ3) is 3.16. The molecule has 1 aliphatic heterocycles. The molecular formula is C16H14F3N5S. The topological polar surface area (TPSA) is 62.7 Å². The average Bonchev–Trinajstić information content (AvgIpc) is 2.98. The Labute approximate surface area is 145 Å². The van der Waals surface area contributed by atoms with Gasteiger partial charge in [0.05, 0.1) is 5.39 Å². The van der Waals surface area contributed by atoms with Crippen LogP contribution in [0, 0.1) is 0 Å².